The number of hydrogen-bond donors (Lipinski definition) is 1. The van der Waals surface area contributed by atoms with Crippen LogP contribution in [0.15, 0.2) is 36.7 Å². The second kappa shape index (κ2) is 8.75. The van der Waals surface area contributed by atoms with Gasteiger partial charge in [-0.1, -0.05) is 18.2 Å². The van der Waals surface area contributed by atoms with Gasteiger partial charge in [0.25, 0.3) is 5.91 Å². The highest BCUT2D eigenvalue weighted by Crippen LogP contribution is 2.32. The van der Waals surface area contributed by atoms with Crippen molar-refractivity contribution < 1.29 is 19.0 Å². The number of carbonyl (C=O) groups excluding carboxylic acids is 1. The van der Waals surface area contributed by atoms with Crippen molar-refractivity contribution in [1.29, 1.82) is 0 Å². The topological polar surface area (TPSA) is 85.8 Å². The first-order chi connectivity index (χ1) is 14.2. The van der Waals surface area contributed by atoms with Gasteiger partial charge in [0.05, 0.1) is 32.7 Å². The molecule has 2 aliphatic heterocycles. The van der Waals surface area contributed by atoms with Crippen LogP contribution in [-0.4, -0.2) is 61.6 Å². The molecule has 8 nitrogen and oxygen atoms in total. The Hall–Kier alpha value is -2.71. The lowest BCUT2D eigenvalue weighted by Gasteiger charge is -2.37. The zero-order valence-electron chi connectivity index (χ0n) is 16.6. The summed E-state index contributed by atoms with van der Waals surface area (Å²) in [6.07, 6.45) is 5.48. The summed E-state index contributed by atoms with van der Waals surface area (Å²) in [6.45, 7) is 3.41. The Labute approximate surface area is 170 Å². The maximum atomic E-state index is 12.4. The summed E-state index contributed by atoms with van der Waals surface area (Å²) in [6, 6.07) is 7.78. The van der Waals surface area contributed by atoms with Gasteiger partial charge in [0.2, 0.25) is 0 Å². The number of methoxy groups -OCH3 is 1. The van der Waals surface area contributed by atoms with Crippen LogP contribution in [0.5, 0.6) is 5.75 Å². The molecule has 2 fully saturated rings. The van der Waals surface area contributed by atoms with Crippen molar-refractivity contribution in [3.63, 3.8) is 0 Å². The molecule has 0 atom stereocenters. The average molecular weight is 398 g/mol. The molecule has 0 saturated carbocycles. The van der Waals surface area contributed by atoms with Crippen molar-refractivity contribution in [3.05, 3.63) is 47.9 Å². The van der Waals surface area contributed by atoms with Crippen molar-refractivity contribution in [3.8, 4) is 5.75 Å². The zero-order chi connectivity index (χ0) is 20.1. The standard InChI is InChI=1S/C21H26N4O4/c1-27-18-5-3-2-4-16(18)6-9-22-20(26)17-14-24-19(15-23-17)25-10-7-21(8-11-25)28-12-13-29-21/h2-5,14-15H,6-13H2,1H3,(H,22,26). The molecule has 154 valence electrons. The van der Waals surface area contributed by atoms with Gasteiger partial charge in [-0.3, -0.25) is 4.79 Å². The van der Waals surface area contributed by atoms with E-state index in [4.69, 9.17) is 14.2 Å². The molecule has 4 rings (SSSR count). The molecule has 1 amide bonds. The minimum absolute atomic E-state index is 0.232. The van der Waals surface area contributed by atoms with Crippen LogP contribution in [0.4, 0.5) is 5.82 Å². The molecule has 2 saturated heterocycles. The number of piperidine rings is 1. The molecule has 8 heteroatoms. The van der Waals surface area contributed by atoms with Crippen LogP contribution in [-0.2, 0) is 15.9 Å². The highest BCUT2D eigenvalue weighted by Gasteiger charge is 2.40. The van der Waals surface area contributed by atoms with Gasteiger partial charge >= 0.3 is 0 Å². The van der Waals surface area contributed by atoms with Gasteiger partial charge in [0.15, 0.2) is 5.79 Å². The van der Waals surface area contributed by atoms with Gasteiger partial charge in [0, 0.05) is 32.5 Å². The number of anilines is 1. The van der Waals surface area contributed by atoms with E-state index in [0.717, 1.165) is 43.1 Å². The van der Waals surface area contributed by atoms with E-state index in [0.29, 0.717) is 31.9 Å². The molecule has 29 heavy (non-hydrogen) atoms. The Balaban J connectivity index is 1.28. The van der Waals surface area contributed by atoms with E-state index in [9.17, 15) is 4.79 Å². The normalized spacial score (nSPS) is 18.0. The molecule has 2 aromatic rings. The van der Waals surface area contributed by atoms with Crippen LogP contribution in [0.2, 0.25) is 0 Å². The van der Waals surface area contributed by atoms with E-state index in [2.05, 4.69) is 20.2 Å². The van der Waals surface area contributed by atoms with E-state index in [1.54, 1.807) is 13.3 Å². The molecule has 2 aliphatic rings. The molecular weight excluding hydrogens is 372 g/mol. The Morgan fingerprint density at radius 1 is 1.17 bits per heavy atom. The largest absolute Gasteiger partial charge is 0.496 e. The number of rotatable bonds is 6. The van der Waals surface area contributed by atoms with Crippen molar-refractivity contribution >= 4 is 11.7 Å². The van der Waals surface area contributed by atoms with Crippen LogP contribution in [0.25, 0.3) is 0 Å². The second-order valence-corrected chi connectivity index (χ2v) is 7.17. The van der Waals surface area contributed by atoms with Gasteiger partial charge in [-0.05, 0) is 18.1 Å². The maximum absolute atomic E-state index is 12.4. The molecule has 1 N–H and O–H groups in total. The average Bonchev–Trinajstić information content (AvgIpc) is 3.22. The first-order valence-corrected chi connectivity index (χ1v) is 9.94. The summed E-state index contributed by atoms with van der Waals surface area (Å²) in [5.74, 6) is 0.945. The van der Waals surface area contributed by atoms with Crippen molar-refractivity contribution in [2.24, 2.45) is 0 Å². The van der Waals surface area contributed by atoms with Crippen LogP contribution in [0, 0.1) is 0 Å². The highest BCUT2D eigenvalue weighted by molar-refractivity contribution is 5.92. The Kier molecular flexibility index (Phi) is 5.92. The minimum Gasteiger partial charge on any atom is -0.496 e. The third-order valence-corrected chi connectivity index (χ3v) is 5.41. The van der Waals surface area contributed by atoms with Gasteiger partial charge in [-0.2, -0.15) is 0 Å². The number of amides is 1. The maximum Gasteiger partial charge on any atom is 0.271 e. The third-order valence-electron chi connectivity index (χ3n) is 5.41. The summed E-state index contributed by atoms with van der Waals surface area (Å²) < 4.78 is 16.8. The molecule has 1 aromatic carbocycles. The lowest BCUT2D eigenvalue weighted by Crippen LogP contribution is -2.45. The fourth-order valence-electron chi connectivity index (χ4n) is 3.77. The minimum atomic E-state index is -0.412. The first kappa shape index (κ1) is 19.6. The van der Waals surface area contributed by atoms with E-state index >= 15 is 0 Å². The number of nitrogens with one attached hydrogen (secondary N) is 1. The summed E-state index contributed by atoms with van der Waals surface area (Å²) in [5, 5.41) is 2.89. The number of para-hydroxylation sites is 1. The van der Waals surface area contributed by atoms with E-state index in [-0.39, 0.29) is 5.91 Å². The van der Waals surface area contributed by atoms with Crippen molar-refractivity contribution in [2.45, 2.75) is 25.0 Å². The monoisotopic (exact) mass is 398 g/mol. The number of hydrogen-bond acceptors (Lipinski definition) is 7. The SMILES string of the molecule is COc1ccccc1CCNC(=O)c1cnc(N2CCC3(CC2)OCCO3)cn1. The van der Waals surface area contributed by atoms with Crippen LogP contribution >= 0.6 is 0 Å². The lowest BCUT2D eigenvalue weighted by atomic mass is 10.0. The van der Waals surface area contributed by atoms with Gasteiger partial charge in [0.1, 0.15) is 17.3 Å². The number of nitrogens with zero attached hydrogens (tertiary/aromatic N) is 3. The highest BCUT2D eigenvalue weighted by atomic mass is 16.7. The zero-order valence-corrected chi connectivity index (χ0v) is 16.6. The lowest BCUT2D eigenvalue weighted by molar-refractivity contribution is -0.169. The molecule has 0 radical (unpaired) electrons. The summed E-state index contributed by atoms with van der Waals surface area (Å²) in [7, 11) is 1.64. The Morgan fingerprint density at radius 2 is 1.93 bits per heavy atom. The molecular formula is C21H26N4O4. The molecule has 0 unspecified atom stereocenters. The number of ether oxygens (including phenoxy) is 3. The summed E-state index contributed by atoms with van der Waals surface area (Å²) in [5.41, 5.74) is 1.36. The fourth-order valence-corrected chi connectivity index (χ4v) is 3.77. The molecule has 3 heterocycles. The molecule has 0 bridgehead atoms. The Bertz CT molecular complexity index is 827. The fraction of sp³-hybridized carbons (Fsp3) is 0.476. The second-order valence-electron chi connectivity index (χ2n) is 7.17. The summed E-state index contributed by atoms with van der Waals surface area (Å²) in [4.78, 5) is 23.2. The van der Waals surface area contributed by atoms with E-state index in [1.165, 1.54) is 6.20 Å². The van der Waals surface area contributed by atoms with E-state index < -0.39 is 5.79 Å². The number of carbonyl (C=O) groups is 1. The van der Waals surface area contributed by atoms with Gasteiger partial charge in [-0.15, -0.1) is 0 Å². The molecule has 1 spiro atoms. The number of aromatic nitrogens is 2. The van der Waals surface area contributed by atoms with Gasteiger partial charge < -0.3 is 24.4 Å². The third kappa shape index (κ3) is 4.49. The van der Waals surface area contributed by atoms with Crippen LogP contribution in [0.3, 0.4) is 0 Å². The smallest absolute Gasteiger partial charge is 0.271 e. The van der Waals surface area contributed by atoms with Crippen molar-refractivity contribution in [1.82, 2.24) is 15.3 Å². The first-order valence-electron chi connectivity index (χ1n) is 9.94. The molecule has 1 aromatic heterocycles. The molecule has 0 aliphatic carbocycles. The number of benzene rings is 1. The van der Waals surface area contributed by atoms with E-state index in [1.807, 2.05) is 24.3 Å². The predicted molar refractivity (Wildman–Crippen MR) is 107 cm³/mol. The van der Waals surface area contributed by atoms with Crippen LogP contribution in [0.1, 0.15) is 28.9 Å². The predicted octanol–water partition coefficient (Wildman–Crippen LogP) is 1.80. The quantitative estimate of drug-likeness (QED) is 0.794. The van der Waals surface area contributed by atoms with Crippen molar-refractivity contribution in [2.75, 3.05) is 44.9 Å². The van der Waals surface area contributed by atoms with Crippen LogP contribution < -0.4 is 15.0 Å². The Morgan fingerprint density at radius 3 is 2.62 bits per heavy atom. The van der Waals surface area contributed by atoms with Gasteiger partial charge in [-0.25, -0.2) is 9.97 Å². The summed E-state index contributed by atoms with van der Waals surface area (Å²) >= 11 is 0.